The highest BCUT2D eigenvalue weighted by molar-refractivity contribution is 5.76. The number of nitro benzene ring substituents is 1. The number of carbonyl (C=O) groups is 1. The Labute approximate surface area is 99.2 Å². The summed E-state index contributed by atoms with van der Waals surface area (Å²) >= 11 is 0. The molecule has 1 aromatic rings. The minimum Gasteiger partial charge on any atom is -0.384 e. The number of rotatable bonds is 5. The highest BCUT2D eigenvalue weighted by atomic mass is 16.6. The lowest BCUT2D eigenvalue weighted by molar-refractivity contribution is -0.385. The lowest BCUT2D eigenvalue weighted by Gasteiger charge is -2.06. The molecule has 0 aliphatic heterocycles. The van der Waals surface area contributed by atoms with E-state index in [2.05, 4.69) is 10.6 Å². The quantitative estimate of drug-likeness (QED) is 0.599. The standard InChI is InChI=1S/C11H15N3O3/c1-8-3-4-9(7-10(8)14(16)17)13-6-5-11(15)12-2/h3-4,7,13H,5-6H2,1-2H3,(H,12,15). The van der Waals surface area contributed by atoms with Crippen LogP contribution in [0.15, 0.2) is 18.2 Å². The van der Waals surface area contributed by atoms with E-state index in [-0.39, 0.29) is 11.6 Å². The number of hydrogen-bond acceptors (Lipinski definition) is 4. The van der Waals surface area contributed by atoms with Gasteiger partial charge in [0, 0.05) is 37.3 Å². The molecule has 0 saturated heterocycles. The number of anilines is 1. The highest BCUT2D eigenvalue weighted by Gasteiger charge is 2.10. The molecule has 0 unspecified atom stereocenters. The first-order valence-electron chi connectivity index (χ1n) is 5.24. The van der Waals surface area contributed by atoms with Gasteiger partial charge in [0.1, 0.15) is 0 Å². The summed E-state index contributed by atoms with van der Waals surface area (Å²) in [5.41, 5.74) is 1.34. The lowest BCUT2D eigenvalue weighted by atomic mass is 10.2. The van der Waals surface area contributed by atoms with E-state index in [1.165, 1.54) is 6.07 Å². The van der Waals surface area contributed by atoms with Crippen LogP contribution in [0.3, 0.4) is 0 Å². The summed E-state index contributed by atoms with van der Waals surface area (Å²) in [4.78, 5) is 21.3. The topological polar surface area (TPSA) is 84.3 Å². The fourth-order valence-electron chi connectivity index (χ4n) is 1.36. The molecule has 6 nitrogen and oxygen atoms in total. The first-order chi connectivity index (χ1) is 8.04. The predicted octanol–water partition coefficient (Wildman–Crippen LogP) is 1.45. The molecule has 0 aliphatic rings. The minimum atomic E-state index is -0.417. The smallest absolute Gasteiger partial charge is 0.274 e. The number of amides is 1. The number of hydrogen-bond donors (Lipinski definition) is 2. The van der Waals surface area contributed by atoms with Gasteiger partial charge in [-0.15, -0.1) is 0 Å². The van der Waals surface area contributed by atoms with Crippen LogP contribution in [0.1, 0.15) is 12.0 Å². The predicted molar refractivity (Wildman–Crippen MR) is 65.0 cm³/mol. The van der Waals surface area contributed by atoms with Gasteiger partial charge in [-0.3, -0.25) is 14.9 Å². The molecule has 0 aliphatic carbocycles. The molecule has 0 fully saturated rings. The summed E-state index contributed by atoms with van der Waals surface area (Å²) < 4.78 is 0. The molecule has 0 heterocycles. The third-order valence-corrected chi connectivity index (χ3v) is 2.37. The summed E-state index contributed by atoms with van der Waals surface area (Å²) in [7, 11) is 1.57. The molecule has 1 rings (SSSR count). The summed E-state index contributed by atoms with van der Waals surface area (Å²) in [6, 6.07) is 4.91. The summed E-state index contributed by atoms with van der Waals surface area (Å²) in [6.45, 7) is 2.13. The largest absolute Gasteiger partial charge is 0.384 e. The van der Waals surface area contributed by atoms with Gasteiger partial charge < -0.3 is 10.6 Å². The molecule has 1 aromatic carbocycles. The van der Waals surface area contributed by atoms with Gasteiger partial charge in [0.25, 0.3) is 5.69 Å². The van der Waals surface area contributed by atoms with Gasteiger partial charge in [-0.2, -0.15) is 0 Å². The van der Waals surface area contributed by atoms with Crippen molar-refractivity contribution in [2.75, 3.05) is 18.9 Å². The second-order valence-electron chi connectivity index (χ2n) is 3.61. The number of aryl methyl sites for hydroxylation is 1. The summed E-state index contributed by atoms with van der Waals surface area (Å²) in [6.07, 6.45) is 0.332. The van der Waals surface area contributed by atoms with E-state index in [4.69, 9.17) is 0 Å². The third-order valence-electron chi connectivity index (χ3n) is 2.37. The lowest BCUT2D eigenvalue weighted by Crippen LogP contribution is -2.20. The third kappa shape index (κ3) is 3.75. The molecule has 0 aromatic heterocycles. The monoisotopic (exact) mass is 237 g/mol. The Hall–Kier alpha value is -2.11. The molecule has 2 N–H and O–H groups in total. The Balaban J connectivity index is 2.63. The fraction of sp³-hybridized carbons (Fsp3) is 0.364. The van der Waals surface area contributed by atoms with Crippen molar-refractivity contribution >= 4 is 17.3 Å². The minimum absolute atomic E-state index is 0.0703. The van der Waals surface area contributed by atoms with Crippen molar-refractivity contribution in [2.24, 2.45) is 0 Å². The van der Waals surface area contributed by atoms with Crippen LogP contribution >= 0.6 is 0 Å². The van der Waals surface area contributed by atoms with Crippen LogP contribution in [0.5, 0.6) is 0 Å². The second kappa shape index (κ2) is 5.83. The first-order valence-corrected chi connectivity index (χ1v) is 5.24. The number of nitro groups is 1. The van der Waals surface area contributed by atoms with E-state index in [1.54, 1.807) is 26.1 Å². The SMILES string of the molecule is CNC(=O)CCNc1ccc(C)c([N+](=O)[O-])c1. The molecule has 0 atom stereocenters. The maximum atomic E-state index is 11.0. The van der Waals surface area contributed by atoms with Gasteiger partial charge in [0.05, 0.1) is 4.92 Å². The Kier molecular flexibility index (Phi) is 4.45. The average Bonchev–Trinajstić information content (AvgIpc) is 2.30. The molecular formula is C11H15N3O3. The van der Waals surface area contributed by atoms with Crippen molar-refractivity contribution in [3.63, 3.8) is 0 Å². The molecule has 0 bridgehead atoms. The molecule has 17 heavy (non-hydrogen) atoms. The van der Waals surface area contributed by atoms with Crippen molar-refractivity contribution in [3.05, 3.63) is 33.9 Å². The molecule has 92 valence electrons. The number of nitrogens with zero attached hydrogens (tertiary/aromatic N) is 1. The van der Waals surface area contributed by atoms with E-state index in [0.717, 1.165) is 0 Å². The summed E-state index contributed by atoms with van der Waals surface area (Å²) in [5, 5.41) is 16.2. The van der Waals surface area contributed by atoms with Crippen LogP contribution in [0, 0.1) is 17.0 Å². The van der Waals surface area contributed by atoms with E-state index in [1.807, 2.05) is 0 Å². The van der Waals surface area contributed by atoms with E-state index < -0.39 is 4.92 Å². The number of nitrogens with one attached hydrogen (secondary N) is 2. The number of benzene rings is 1. The molecule has 1 amide bonds. The first kappa shape index (κ1) is 13.0. The van der Waals surface area contributed by atoms with Crippen LogP contribution in [-0.4, -0.2) is 24.4 Å². The Morgan fingerprint density at radius 1 is 1.47 bits per heavy atom. The molecule has 0 saturated carbocycles. The van der Waals surface area contributed by atoms with Crippen LogP contribution in [0.2, 0.25) is 0 Å². The van der Waals surface area contributed by atoms with Crippen LogP contribution in [-0.2, 0) is 4.79 Å². The molecular weight excluding hydrogens is 222 g/mol. The zero-order valence-corrected chi connectivity index (χ0v) is 9.82. The van der Waals surface area contributed by atoms with Crippen LogP contribution in [0.25, 0.3) is 0 Å². The molecule has 6 heteroatoms. The van der Waals surface area contributed by atoms with E-state index in [0.29, 0.717) is 24.2 Å². The van der Waals surface area contributed by atoms with Gasteiger partial charge in [0.15, 0.2) is 0 Å². The van der Waals surface area contributed by atoms with Gasteiger partial charge in [-0.05, 0) is 13.0 Å². The Bertz CT molecular complexity index is 432. The Morgan fingerprint density at radius 2 is 2.18 bits per heavy atom. The second-order valence-corrected chi connectivity index (χ2v) is 3.61. The van der Waals surface area contributed by atoms with Gasteiger partial charge >= 0.3 is 0 Å². The normalized spacial score (nSPS) is 9.76. The van der Waals surface area contributed by atoms with Crippen molar-refractivity contribution in [3.8, 4) is 0 Å². The van der Waals surface area contributed by atoms with Crippen LogP contribution < -0.4 is 10.6 Å². The van der Waals surface area contributed by atoms with Gasteiger partial charge in [-0.25, -0.2) is 0 Å². The highest BCUT2D eigenvalue weighted by Crippen LogP contribution is 2.22. The van der Waals surface area contributed by atoms with Gasteiger partial charge in [0.2, 0.25) is 5.91 Å². The van der Waals surface area contributed by atoms with E-state index in [9.17, 15) is 14.9 Å². The average molecular weight is 237 g/mol. The molecule has 0 spiro atoms. The maximum absolute atomic E-state index is 11.0. The van der Waals surface area contributed by atoms with E-state index >= 15 is 0 Å². The van der Waals surface area contributed by atoms with Crippen molar-refractivity contribution in [1.82, 2.24) is 5.32 Å². The fourth-order valence-corrected chi connectivity index (χ4v) is 1.36. The zero-order chi connectivity index (χ0) is 12.8. The van der Waals surface area contributed by atoms with Crippen molar-refractivity contribution in [1.29, 1.82) is 0 Å². The van der Waals surface area contributed by atoms with Crippen molar-refractivity contribution < 1.29 is 9.72 Å². The molecule has 0 radical (unpaired) electrons. The number of carbonyl (C=O) groups excluding carboxylic acids is 1. The van der Waals surface area contributed by atoms with Crippen LogP contribution in [0.4, 0.5) is 11.4 Å². The maximum Gasteiger partial charge on any atom is 0.274 e. The summed E-state index contributed by atoms with van der Waals surface area (Å²) in [5.74, 6) is -0.0703. The zero-order valence-electron chi connectivity index (χ0n) is 9.82. The van der Waals surface area contributed by atoms with Crippen molar-refractivity contribution in [2.45, 2.75) is 13.3 Å². The Morgan fingerprint density at radius 3 is 2.76 bits per heavy atom. The van der Waals surface area contributed by atoms with Gasteiger partial charge in [-0.1, -0.05) is 6.07 Å².